The lowest BCUT2D eigenvalue weighted by atomic mass is 10.0. The molecule has 0 spiro atoms. The Hall–Kier alpha value is -1.07. The van der Waals surface area contributed by atoms with Gasteiger partial charge in [0.15, 0.2) is 0 Å². The smallest absolute Gasteiger partial charge is 0.378 e. The van der Waals surface area contributed by atoms with Crippen LogP contribution in [0.3, 0.4) is 0 Å². The van der Waals surface area contributed by atoms with E-state index in [9.17, 15) is 13.2 Å². The van der Waals surface area contributed by atoms with Gasteiger partial charge < -0.3 is 10.1 Å². The van der Waals surface area contributed by atoms with Crippen molar-refractivity contribution in [2.24, 2.45) is 5.92 Å². The molecule has 5 heteroatoms. The molecule has 0 radical (unpaired) electrons. The van der Waals surface area contributed by atoms with Crippen molar-refractivity contribution in [2.75, 3.05) is 13.2 Å². The van der Waals surface area contributed by atoms with Gasteiger partial charge in [-0.15, -0.1) is 0 Å². The average molecular weight is 273 g/mol. The van der Waals surface area contributed by atoms with Crippen molar-refractivity contribution in [1.29, 1.82) is 0 Å². The Kier molecular flexibility index (Phi) is 4.47. The Morgan fingerprint density at radius 1 is 1.32 bits per heavy atom. The fourth-order valence-corrected chi connectivity index (χ4v) is 2.38. The fourth-order valence-electron chi connectivity index (χ4n) is 2.38. The molecular formula is C14H18F3NO. The SMILES string of the molecule is CC1OCCC1CNC(c1ccccc1)C(F)(F)F. The molecule has 19 heavy (non-hydrogen) atoms. The summed E-state index contributed by atoms with van der Waals surface area (Å²) in [6, 6.07) is 6.35. The number of alkyl halides is 3. The molecule has 106 valence electrons. The highest BCUT2D eigenvalue weighted by Crippen LogP contribution is 2.33. The minimum absolute atomic E-state index is 0.0251. The lowest BCUT2D eigenvalue weighted by Gasteiger charge is -2.24. The van der Waals surface area contributed by atoms with E-state index < -0.39 is 12.2 Å². The highest BCUT2D eigenvalue weighted by Gasteiger charge is 2.41. The average Bonchev–Trinajstić information content (AvgIpc) is 2.75. The molecule has 1 aromatic carbocycles. The van der Waals surface area contributed by atoms with Crippen LogP contribution in [0.1, 0.15) is 24.9 Å². The van der Waals surface area contributed by atoms with E-state index in [4.69, 9.17) is 4.74 Å². The van der Waals surface area contributed by atoms with Crippen molar-refractivity contribution in [3.05, 3.63) is 35.9 Å². The van der Waals surface area contributed by atoms with Gasteiger partial charge in [0.25, 0.3) is 0 Å². The van der Waals surface area contributed by atoms with E-state index in [-0.39, 0.29) is 17.6 Å². The van der Waals surface area contributed by atoms with E-state index in [1.165, 1.54) is 12.1 Å². The van der Waals surface area contributed by atoms with Crippen LogP contribution < -0.4 is 5.32 Å². The maximum absolute atomic E-state index is 13.1. The lowest BCUT2D eigenvalue weighted by Crippen LogP contribution is -2.38. The number of rotatable bonds is 4. The van der Waals surface area contributed by atoms with Crippen LogP contribution in [-0.4, -0.2) is 25.4 Å². The molecule has 1 aromatic rings. The third-order valence-corrected chi connectivity index (χ3v) is 3.58. The molecule has 2 rings (SSSR count). The first-order valence-corrected chi connectivity index (χ1v) is 6.45. The standard InChI is InChI=1S/C14H18F3NO/c1-10-12(7-8-19-10)9-18-13(14(15,16)17)11-5-3-2-4-6-11/h2-6,10,12-13,18H,7-9H2,1H3. The van der Waals surface area contributed by atoms with Gasteiger partial charge >= 0.3 is 6.18 Å². The fraction of sp³-hybridized carbons (Fsp3) is 0.571. The summed E-state index contributed by atoms with van der Waals surface area (Å²) in [4.78, 5) is 0. The third-order valence-electron chi connectivity index (χ3n) is 3.58. The van der Waals surface area contributed by atoms with Crippen molar-refractivity contribution >= 4 is 0 Å². The van der Waals surface area contributed by atoms with Gasteiger partial charge in [0.1, 0.15) is 6.04 Å². The largest absolute Gasteiger partial charge is 0.407 e. The molecule has 1 aliphatic rings. The van der Waals surface area contributed by atoms with E-state index >= 15 is 0 Å². The zero-order chi connectivity index (χ0) is 13.9. The Morgan fingerprint density at radius 3 is 2.53 bits per heavy atom. The van der Waals surface area contributed by atoms with Gasteiger partial charge in [-0.05, 0) is 24.8 Å². The Labute approximate surface area is 111 Å². The van der Waals surface area contributed by atoms with Crippen molar-refractivity contribution in [2.45, 2.75) is 31.7 Å². The van der Waals surface area contributed by atoms with Crippen LogP contribution in [0.2, 0.25) is 0 Å². The van der Waals surface area contributed by atoms with Crippen LogP contribution >= 0.6 is 0 Å². The van der Waals surface area contributed by atoms with Gasteiger partial charge in [0, 0.05) is 13.2 Å². The van der Waals surface area contributed by atoms with Gasteiger partial charge in [-0.25, -0.2) is 0 Å². The molecule has 2 nitrogen and oxygen atoms in total. The number of halogens is 3. The number of nitrogens with one attached hydrogen (secondary N) is 1. The number of hydrogen-bond acceptors (Lipinski definition) is 2. The van der Waals surface area contributed by atoms with Crippen LogP contribution in [0, 0.1) is 5.92 Å². The van der Waals surface area contributed by atoms with Crippen LogP contribution in [0.5, 0.6) is 0 Å². The van der Waals surface area contributed by atoms with E-state index in [1.54, 1.807) is 18.2 Å². The molecule has 0 amide bonds. The first-order valence-electron chi connectivity index (χ1n) is 6.45. The number of hydrogen-bond donors (Lipinski definition) is 1. The minimum Gasteiger partial charge on any atom is -0.378 e. The second kappa shape index (κ2) is 5.92. The zero-order valence-electron chi connectivity index (χ0n) is 10.8. The van der Waals surface area contributed by atoms with Gasteiger partial charge in [0.2, 0.25) is 0 Å². The van der Waals surface area contributed by atoms with Gasteiger partial charge in [-0.3, -0.25) is 0 Å². The summed E-state index contributed by atoms with van der Waals surface area (Å²) in [5, 5.41) is 2.64. The normalized spacial score (nSPS) is 25.5. The van der Waals surface area contributed by atoms with Crippen molar-refractivity contribution < 1.29 is 17.9 Å². The van der Waals surface area contributed by atoms with Crippen LogP contribution in [0.15, 0.2) is 30.3 Å². The second-order valence-corrected chi connectivity index (χ2v) is 4.92. The number of benzene rings is 1. The quantitative estimate of drug-likeness (QED) is 0.908. The van der Waals surface area contributed by atoms with E-state index in [0.717, 1.165) is 6.42 Å². The molecule has 0 aliphatic carbocycles. The Morgan fingerprint density at radius 2 is 2.00 bits per heavy atom. The van der Waals surface area contributed by atoms with Crippen molar-refractivity contribution in [3.8, 4) is 0 Å². The highest BCUT2D eigenvalue weighted by atomic mass is 19.4. The summed E-state index contributed by atoms with van der Waals surface area (Å²) in [5.74, 6) is 0.147. The predicted molar refractivity (Wildman–Crippen MR) is 66.8 cm³/mol. The van der Waals surface area contributed by atoms with Crippen molar-refractivity contribution in [1.82, 2.24) is 5.32 Å². The predicted octanol–water partition coefficient (Wildman–Crippen LogP) is 3.30. The molecule has 3 atom stereocenters. The van der Waals surface area contributed by atoms with Crippen LogP contribution in [-0.2, 0) is 4.74 Å². The lowest BCUT2D eigenvalue weighted by molar-refractivity contribution is -0.158. The Bertz CT molecular complexity index is 393. The summed E-state index contributed by atoms with van der Waals surface area (Å²) in [7, 11) is 0. The van der Waals surface area contributed by atoms with Gasteiger partial charge in [-0.2, -0.15) is 13.2 Å². The molecule has 1 N–H and O–H groups in total. The van der Waals surface area contributed by atoms with E-state index in [1.807, 2.05) is 6.92 Å². The molecule has 1 fully saturated rings. The molecule has 0 bridgehead atoms. The third kappa shape index (κ3) is 3.70. The van der Waals surface area contributed by atoms with Gasteiger partial charge in [0.05, 0.1) is 6.10 Å². The maximum Gasteiger partial charge on any atom is 0.407 e. The zero-order valence-corrected chi connectivity index (χ0v) is 10.8. The summed E-state index contributed by atoms with van der Waals surface area (Å²) in [6.45, 7) is 2.86. The summed E-state index contributed by atoms with van der Waals surface area (Å²) < 4.78 is 44.6. The Balaban J connectivity index is 2.03. The summed E-state index contributed by atoms with van der Waals surface area (Å²) in [5.41, 5.74) is 0.251. The molecule has 3 unspecified atom stereocenters. The van der Waals surface area contributed by atoms with Crippen LogP contribution in [0.25, 0.3) is 0 Å². The minimum atomic E-state index is -4.29. The molecule has 1 heterocycles. The summed E-state index contributed by atoms with van der Waals surface area (Å²) in [6.07, 6.45) is -3.45. The topological polar surface area (TPSA) is 21.3 Å². The van der Waals surface area contributed by atoms with Crippen LogP contribution in [0.4, 0.5) is 13.2 Å². The number of ether oxygens (including phenoxy) is 1. The first kappa shape index (κ1) is 14.3. The molecular weight excluding hydrogens is 255 g/mol. The van der Waals surface area contributed by atoms with E-state index in [0.29, 0.717) is 13.2 Å². The second-order valence-electron chi connectivity index (χ2n) is 4.92. The maximum atomic E-state index is 13.1. The molecule has 1 aliphatic heterocycles. The first-order chi connectivity index (χ1) is 8.98. The highest BCUT2D eigenvalue weighted by molar-refractivity contribution is 5.20. The van der Waals surface area contributed by atoms with E-state index in [2.05, 4.69) is 5.32 Å². The van der Waals surface area contributed by atoms with Gasteiger partial charge in [-0.1, -0.05) is 30.3 Å². The molecule has 0 aromatic heterocycles. The molecule has 1 saturated heterocycles. The summed E-state index contributed by atoms with van der Waals surface area (Å²) >= 11 is 0. The molecule has 0 saturated carbocycles. The van der Waals surface area contributed by atoms with Crippen molar-refractivity contribution in [3.63, 3.8) is 0 Å². The monoisotopic (exact) mass is 273 g/mol.